The van der Waals surface area contributed by atoms with Crippen LogP contribution in [0.4, 0.5) is 5.69 Å². The van der Waals surface area contributed by atoms with Gasteiger partial charge in [-0.25, -0.2) is 8.42 Å². The van der Waals surface area contributed by atoms with Crippen molar-refractivity contribution in [3.8, 4) is 0 Å². The van der Waals surface area contributed by atoms with Gasteiger partial charge in [-0.2, -0.15) is 0 Å². The van der Waals surface area contributed by atoms with E-state index in [-0.39, 0.29) is 29.7 Å². The number of nitrogens with zero attached hydrogens (tertiary/aromatic N) is 2. The molecular formula is C36H39Cl2N3O4S. The number of sulfonamides is 1. The lowest BCUT2D eigenvalue weighted by atomic mass is 10.0. The Bertz CT molecular complexity index is 1750. The topological polar surface area (TPSA) is 86.8 Å². The van der Waals surface area contributed by atoms with Gasteiger partial charge in [0.05, 0.1) is 10.6 Å². The van der Waals surface area contributed by atoms with Crippen molar-refractivity contribution in [3.63, 3.8) is 0 Å². The number of likely N-dealkylation sites (N-methyl/N-ethyl adjacent to an activating group) is 1. The molecule has 0 aliphatic carbocycles. The molecule has 10 heteroatoms. The van der Waals surface area contributed by atoms with Crippen molar-refractivity contribution in [2.75, 3.05) is 17.4 Å². The molecule has 0 fully saturated rings. The van der Waals surface area contributed by atoms with Crippen molar-refractivity contribution in [1.82, 2.24) is 10.2 Å². The molecule has 0 bridgehead atoms. The molecule has 4 aromatic rings. The first-order valence-corrected chi connectivity index (χ1v) is 17.3. The van der Waals surface area contributed by atoms with Crippen LogP contribution in [0, 0.1) is 6.92 Å². The molecule has 1 unspecified atom stereocenters. The second kappa shape index (κ2) is 15.6. The molecule has 2 amide bonds. The third-order valence-electron chi connectivity index (χ3n) is 7.71. The monoisotopic (exact) mass is 679 g/mol. The van der Waals surface area contributed by atoms with Gasteiger partial charge in [-0.1, -0.05) is 103 Å². The summed E-state index contributed by atoms with van der Waals surface area (Å²) in [5, 5.41) is 3.61. The predicted molar refractivity (Wildman–Crippen MR) is 186 cm³/mol. The van der Waals surface area contributed by atoms with Crippen LogP contribution in [-0.4, -0.2) is 44.3 Å². The minimum atomic E-state index is -4.19. The van der Waals surface area contributed by atoms with E-state index >= 15 is 0 Å². The normalized spacial score (nSPS) is 12.1. The van der Waals surface area contributed by atoms with E-state index in [2.05, 4.69) is 5.32 Å². The number of nitrogens with one attached hydrogen (secondary N) is 1. The molecule has 0 radical (unpaired) electrons. The first-order chi connectivity index (χ1) is 21.9. The number of halogens is 2. The number of carbonyl (C=O) groups excluding carboxylic acids is 2. The van der Waals surface area contributed by atoms with Crippen LogP contribution < -0.4 is 9.62 Å². The van der Waals surface area contributed by atoms with E-state index in [1.807, 2.05) is 63.2 Å². The minimum absolute atomic E-state index is 0.0474. The standard InChI is InChI=1S/C36H39Cl2N3O4S/c1-5-39-36(43)34(21-27-9-7-6-8-10-27)40(23-29-13-16-30(37)22-33(29)38)35(42)24-41(31-17-14-28(15-18-31)25(2)3)46(44,45)32-19-11-26(4)12-20-32/h6-20,22,25,34H,5,21,23-24H2,1-4H3,(H,39,43). The smallest absolute Gasteiger partial charge is 0.264 e. The minimum Gasteiger partial charge on any atom is -0.355 e. The number of rotatable bonds is 13. The summed E-state index contributed by atoms with van der Waals surface area (Å²) in [4.78, 5) is 29.6. The highest BCUT2D eigenvalue weighted by Crippen LogP contribution is 2.28. The molecule has 0 aliphatic rings. The molecule has 1 atom stereocenters. The fourth-order valence-electron chi connectivity index (χ4n) is 5.07. The molecule has 4 rings (SSSR count). The summed E-state index contributed by atoms with van der Waals surface area (Å²) in [6, 6.07) is 27.0. The number of anilines is 1. The molecule has 46 heavy (non-hydrogen) atoms. The van der Waals surface area contributed by atoms with Gasteiger partial charge < -0.3 is 10.2 Å². The molecule has 1 N–H and O–H groups in total. The SMILES string of the molecule is CCNC(=O)C(Cc1ccccc1)N(Cc1ccc(Cl)cc1Cl)C(=O)CN(c1ccc(C(C)C)cc1)S(=O)(=O)c1ccc(C)cc1. The van der Waals surface area contributed by atoms with Gasteiger partial charge in [-0.15, -0.1) is 0 Å². The third kappa shape index (κ3) is 8.69. The van der Waals surface area contributed by atoms with E-state index in [9.17, 15) is 18.0 Å². The summed E-state index contributed by atoms with van der Waals surface area (Å²) in [5.74, 6) is -0.700. The van der Waals surface area contributed by atoms with Crippen LogP contribution in [0.5, 0.6) is 0 Å². The lowest BCUT2D eigenvalue weighted by molar-refractivity contribution is -0.140. The maximum Gasteiger partial charge on any atom is 0.264 e. The zero-order valence-electron chi connectivity index (χ0n) is 26.4. The van der Waals surface area contributed by atoms with Gasteiger partial charge in [0.2, 0.25) is 11.8 Å². The quantitative estimate of drug-likeness (QED) is 0.160. The Kier molecular flexibility index (Phi) is 11.9. The van der Waals surface area contributed by atoms with Crippen molar-refractivity contribution in [1.29, 1.82) is 0 Å². The van der Waals surface area contributed by atoms with E-state index in [0.29, 0.717) is 27.8 Å². The van der Waals surface area contributed by atoms with Gasteiger partial charge in [-0.05, 0) is 72.9 Å². The maximum absolute atomic E-state index is 14.5. The summed E-state index contributed by atoms with van der Waals surface area (Å²) in [5.41, 5.74) is 3.67. The fraction of sp³-hybridized carbons (Fsp3) is 0.278. The van der Waals surface area contributed by atoms with Gasteiger partial charge in [-0.3, -0.25) is 13.9 Å². The second-order valence-corrected chi connectivity index (χ2v) is 14.1. The Labute approximate surface area is 282 Å². The maximum atomic E-state index is 14.5. The van der Waals surface area contributed by atoms with Gasteiger partial charge in [0.15, 0.2) is 0 Å². The first kappa shape index (κ1) is 35.0. The van der Waals surface area contributed by atoms with Crippen molar-refractivity contribution in [3.05, 3.63) is 129 Å². The van der Waals surface area contributed by atoms with Crippen molar-refractivity contribution in [2.24, 2.45) is 0 Å². The summed E-state index contributed by atoms with van der Waals surface area (Å²) in [7, 11) is -4.19. The van der Waals surface area contributed by atoms with E-state index in [4.69, 9.17) is 23.2 Å². The summed E-state index contributed by atoms with van der Waals surface area (Å²) in [6.07, 6.45) is 0.206. The first-order valence-electron chi connectivity index (χ1n) is 15.1. The average molecular weight is 681 g/mol. The molecule has 0 saturated heterocycles. The van der Waals surface area contributed by atoms with Crippen LogP contribution in [0.2, 0.25) is 10.0 Å². The summed E-state index contributed by atoms with van der Waals surface area (Å²) < 4.78 is 29.5. The van der Waals surface area contributed by atoms with E-state index < -0.39 is 28.5 Å². The van der Waals surface area contributed by atoms with Gasteiger partial charge in [0.25, 0.3) is 10.0 Å². The fourth-order valence-corrected chi connectivity index (χ4v) is 6.95. The third-order valence-corrected chi connectivity index (χ3v) is 10.1. The Morgan fingerprint density at radius 1 is 0.870 bits per heavy atom. The number of hydrogen-bond donors (Lipinski definition) is 1. The van der Waals surface area contributed by atoms with Crippen LogP contribution >= 0.6 is 23.2 Å². The largest absolute Gasteiger partial charge is 0.355 e. The zero-order valence-corrected chi connectivity index (χ0v) is 28.7. The summed E-state index contributed by atoms with van der Waals surface area (Å²) >= 11 is 12.7. The number of amides is 2. The molecule has 0 aromatic heterocycles. The lowest BCUT2D eigenvalue weighted by Gasteiger charge is -2.34. The molecule has 7 nitrogen and oxygen atoms in total. The van der Waals surface area contributed by atoms with E-state index in [1.165, 1.54) is 17.0 Å². The van der Waals surface area contributed by atoms with Crippen LogP contribution in [0.3, 0.4) is 0 Å². The number of benzene rings is 4. The highest BCUT2D eigenvalue weighted by Gasteiger charge is 2.34. The molecule has 0 saturated carbocycles. The Morgan fingerprint density at radius 3 is 2.11 bits per heavy atom. The lowest BCUT2D eigenvalue weighted by Crippen LogP contribution is -2.53. The van der Waals surface area contributed by atoms with Gasteiger partial charge in [0.1, 0.15) is 12.6 Å². The number of hydrogen-bond acceptors (Lipinski definition) is 4. The Balaban J connectivity index is 1.82. The van der Waals surface area contributed by atoms with Crippen LogP contribution in [-0.2, 0) is 32.6 Å². The number of carbonyl (C=O) groups is 2. The number of aryl methyl sites for hydroxylation is 1. The predicted octanol–water partition coefficient (Wildman–Crippen LogP) is 7.40. The average Bonchev–Trinajstić information content (AvgIpc) is 3.03. The van der Waals surface area contributed by atoms with E-state index in [1.54, 1.807) is 49.4 Å². The van der Waals surface area contributed by atoms with E-state index in [0.717, 1.165) is 21.0 Å². The van der Waals surface area contributed by atoms with Gasteiger partial charge >= 0.3 is 0 Å². The molecule has 0 heterocycles. The zero-order chi connectivity index (χ0) is 33.4. The Morgan fingerprint density at radius 2 is 1.52 bits per heavy atom. The molecular weight excluding hydrogens is 641 g/mol. The molecule has 4 aromatic carbocycles. The van der Waals surface area contributed by atoms with Crippen LogP contribution in [0.1, 0.15) is 48.9 Å². The van der Waals surface area contributed by atoms with Crippen LogP contribution in [0.25, 0.3) is 0 Å². The Hall–Kier alpha value is -3.85. The van der Waals surface area contributed by atoms with Crippen LogP contribution in [0.15, 0.2) is 102 Å². The van der Waals surface area contributed by atoms with Gasteiger partial charge in [0, 0.05) is 29.6 Å². The molecule has 0 spiro atoms. The molecule has 242 valence electrons. The summed E-state index contributed by atoms with van der Waals surface area (Å²) in [6.45, 7) is 7.53. The van der Waals surface area contributed by atoms with Crippen molar-refractivity contribution in [2.45, 2.75) is 57.5 Å². The van der Waals surface area contributed by atoms with Crippen molar-refractivity contribution >= 4 is 50.7 Å². The highest BCUT2D eigenvalue weighted by atomic mass is 35.5. The highest BCUT2D eigenvalue weighted by molar-refractivity contribution is 7.92. The van der Waals surface area contributed by atoms with Crippen molar-refractivity contribution < 1.29 is 18.0 Å². The molecule has 0 aliphatic heterocycles. The second-order valence-electron chi connectivity index (χ2n) is 11.4.